The fourth-order valence-corrected chi connectivity index (χ4v) is 1.09. The molecule has 2 amide bonds. The molecule has 0 spiro atoms. The Bertz CT molecular complexity index is 396. The molecule has 0 unspecified atom stereocenters. The van der Waals surface area contributed by atoms with Gasteiger partial charge in [0.05, 0.1) is 12.5 Å². The number of carbonyl (C=O) groups excluding carboxylic acids is 2. The molecular weight excluding hydrogens is 222 g/mol. The van der Waals surface area contributed by atoms with E-state index < -0.39 is 5.91 Å². The Morgan fingerprint density at radius 1 is 1.47 bits per heavy atom. The van der Waals surface area contributed by atoms with Gasteiger partial charge in [-0.15, -0.1) is 0 Å². The molecule has 0 aliphatic rings. The Morgan fingerprint density at radius 3 is 2.82 bits per heavy atom. The molecule has 0 saturated heterocycles. The van der Waals surface area contributed by atoms with Gasteiger partial charge in [0.15, 0.2) is 0 Å². The van der Waals surface area contributed by atoms with Crippen molar-refractivity contribution in [2.45, 2.75) is 26.3 Å². The van der Waals surface area contributed by atoms with Crippen LogP contribution in [0.4, 0.5) is 0 Å². The van der Waals surface area contributed by atoms with E-state index in [2.05, 4.69) is 15.8 Å². The second-order valence-electron chi connectivity index (χ2n) is 3.71. The largest absolute Gasteiger partial charge is 0.463 e. The molecule has 17 heavy (non-hydrogen) atoms. The fourth-order valence-electron chi connectivity index (χ4n) is 1.09. The molecule has 1 rings (SSSR count). The summed E-state index contributed by atoms with van der Waals surface area (Å²) >= 11 is 0. The number of nitrogens with zero attached hydrogens (tertiary/aromatic N) is 1. The number of rotatable bonds is 5. The van der Waals surface area contributed by atoms with Gasteiger partial charge < -0.3 is 9.73 Å². The quantitative estimate of drug-likeness (QED) is 0.448. The van der Waals surface area contributed by atoms with Crippen LogP contribution in [0.5, 0.6) is 0 Å². The van der Waals surface area contributed by atoms with Gasteiger partial charge in [-0.3, -0.25) is 9.59 Å². The van der Waals surface area contributed by atoms with Crippen LogP contribution in [0.15, 0.2) is 27.9 Å². The van der Waals surface area contributed by atoms with Gasteiger partial charge >= 0.3 is 0 Å². The Kier molecular flexibility index (Phi) is 4.93. The van der Waals surface area contributed by atoms with Crippen LogP contribution in [0.1, 0.15) is 26.0 Å². The van der Waals surface area contributed by atoms with E-state index in [1.54, 1.807) is 12.1 Å². The van der Waals surface area contributed by atoms with Gasteiger partial charge in [0.25, 0.3) is 0 Å². The summed E-state index contributed by atoms with van der Waals surface area (Å²) in [7, 11) is 0. The van der Waals surface area contributed by atoms with Gasteiger partial charge in [0.1, 0.15) is 12.2 Å². The molecule has 1 aromatic heterocycles. The third-order valence-electron chi connectivity index (χ3n) is 1.70. The van der Waals surface area contributed by atoms with E-state index in [0.717, 1.165) is 0 Å². The molecule has 6 heteroatoms. The topological polar surface area (TPSA) is 83.7 Å². The maximum absolute atomic E-state index is 11.2. The second-order valence-corrected chi connectivity index (χ2v) is 3.71. The summed E-state index contributed by atoms with van der Waals surface area (Å²) in [5, 5.41) is 6.26. The predicted octanol–water partition coefficient (Wildman–Crippen LogP) is 0.644. The summed E-state index contributed by atoms with van der Waals surface area (Å²) < 4.78 is 4.97. The van der Waals surface area contributed by atoms with Crippen molar-refractivity contribution in [1.29, 1.82) is 0 Å². The first-order valence-electron chi connectivity index (χ1n) is 5.22. The lowest BCUT2D eigenvalue weighted by Crippen LogP contribution is -2.34. The summed E-state index contributed by atoms with van der Waals surface area (Å²) in [6, 6.07) is 3.42. The maximum atomic E-state index is 11.2. The minimum absolute atomic E-state index is 0.0157. The van der Waals surface area contributed by atoms with Crippen LogP contribution in [0.25, 0.3) is 0 Å². The third kappa shape index (κ3) is 5.50. The lowest BCUT2D eigenvalue weighted by molar-refractivity contribution is -0.129. The Labute approximate surface area is 99.1 Å². The first-order valence-corrected chi connectivity index (χ1v) is 5.22. The van der Waals surface area contributed by atoms with E-state index in [-0.39, 0.29) is 18.4 Å². The molecule has 0 saturated carbocycles. The SMILES string of the molecule is CC(C)NC(=O)CC(=O)N/N=C\c1ccco1. The standard InChI is InChI=1S/C11H15N3O3/c1-8(2)13-10(15)6-11(16)14-12-7-9-4-3-5-17-9/h3-5,7-8H,6H2,1-2H3,(H,13,15)(H,14,16)/b12-7-. The van der Waals surface area contributed by atoms with Crippen LogP contribution in [0.2, 0.25) is 0 Å². The minimum atomic E-state index is -0.467. The number of nitrogens with one attached hydrogen (secondary N) is 2. The number of hydrogen-bond donors (Lipinski definition) is 2. The Balaban J connectivity index is 2.28. The van der Waals surface area contributed by atoms with Crippen LogP contribution in [0, 0.1) is 0 Å². The first kappa shape index (κ1) is 13.0. The predicted molar refractivity (Wildman–Crippen MR) is 62.3 cm³/mol. The highest BCUT2D eigenvalue weighted by Gasteiger charge is 2.08. The monoisotopic (exact) mass is 237 g/mol. The van der Waals surface area contributed by atoms with Crippen molar-refractivity contribution in [3.8, 4) is 0 Å². The van der Waals surface area contributed by atoms with E-state index in [4.69, 9.17) is 4.42 Å². The average Bonchev–Trinajstić information content (AvgIpc) is 2.68. The van der Waals surface area contributed by atoms with Crippen LogP contribution in [-0.4, -0.2) is 24.1 Å². The van der Waals surface area contributed by atoms with E-state index >= 15 is 0 Å². The summed E-state index contributed by atoms with van der Waals surface area (Å²) in [5.74, 6) is -0.270. The summed E-state index contributed by atoms with van der Waals surface area (Å²) in [5.41, 5.74) is 2.23. The van der Waals surface area contributed by atoms with Crippen LogP contribution in [0.3, 0.4) is 0 Å². The van der Waals surface area contributed by atoms with Gasteiger partial charge in [-0.2, -0.15) is 5.10 Å². The van der Waals surface area contributed by atoms with Crippen molar-refractivity contribution in [1.82, 2.24) is 10.7 Å². The van der Waals surface area contributed by atoms with E-state index in [1.165, 1.54) is 12.5 Å². The van der Waals surface area contributed by atoms with Crippen molar-refractivity contribution in [3.05, 3.63) is 24.2 Å². The molecule has 0 atom stereocenters. The molecule has 0 aliphatic carbocycles. The zero-order valence-corrected chi connectivity index (χ0v) is 9.77. The van der Waals surface area contributed by atoms with Crippen LogP contribution >= 0.6 is 0 Å². The lowest BCUT2D eigenvalue weighted by atomic mass is 10.3. The Hall–Kier alpha value is -2.11. The van der Waals surface area contributed by atoms with E-state index in [9.17, 15) is 9.59 Å². The van der Waals surface area contributed by atoms with Gasteiger partial charge in [-0.1, -0.05) is 0 Å². The molecule has 1 aromatic rings. The van der Waals surface area contributed by atoms with Crippen molar-refractivity contribution in [2.75, 3.05) is 0 Å². The zero-order valence-electron chi connectivity index (χ0n) is 9.77. The Morgan fingerprint density at radius 2 is 2.24 bits per heavy atom. The van der Waals surface area contributed by atoms with Crippen molar-refractivity contribution < 1.29 is 14.0 Å². The number of furan rings is 1. The summed E-state index contributed by atoms with van der Waals surface area (Å²) in [6.07, 6.45) is 2.62. The van der Waals surface area contributed by atoms with Crippen LogP contribution < -0.4 is 10.7 Å². The third-order valence-corrected chi connectivity index (χ3v) is 1.70. The molecule has 92 valence electrons. The van der Waals surface area contributed by atoms with Gasteiger partial charge in [0, 0.05) is 6.04 Å². The van der Waals surface area contributed by atoms with Gasteiger partial charge in [-0.05, 0) is 26.0 Å². The fraction of sp³-hybridized carbons (Fsp3) is 0.364. The summed E-state index contributed by atoms with van der Waals surface area (Å²) in [4.78, 5) is 22.5. The second kappa shape index (κ2) is 6.47. The van der Waals surface area contributed by atoms with E-state index in [0.29, 0.717) is 5.76 Å². The van der Waals surface area contributed by atoms with Crippen LogP contribution in [-0.2, 0) is 9.59 Å². The lowest BCUT2D eigenvalue weighted by Gasteiger charge is -2.06. The van der Waals surface area contributed by atoms with Crippen molar-refractivity contribution in [2.24, 2.45) is 5.10 Å². The average molecular weight is 237 g/mol. The van der Waals surface area contributed by atoms with Gasteiger partial charge in [0.2, 0.25) is 11.8 Å². The minimum Gasteiger partial charge on any atom is -0.463 e. The molecule has 2 N–H and O–H groups in total. The molecule has 1 heterocycles. The molecule has 0 radical (unpaired) electrons. The molecule has 0 fully saturated rings. The van der Waals surface area contributed by atoms with Crippen molar-refractivity contribution >= 4 is 18.0 Å². The first-order chi connectivity index (χ1) is 8.08. The van der Waals surface area contributed by atoms with Gasteiger partial charge in [-0.25, -0.2) is 5.43 Å². The summed E-state index contributed by atoms with van der Waals surface area (Å²) in [6.45, 7) is 3.65. The smallest absolute Gasteiger partial charge is 0.249 e. The number of hydrogen-bond acceptors (Lipinski definition) is 4. The molecular formula is C11H15N3O3. The number of amides is 2. The number of hydrazone groups is 1. The molecule has 6 nitrogen and oxygen atoms in total. The molecule has 0 aliphatic heterocycles. The maximum Gasteiger partial charge on any atom is 0.249 e. The zero-order chi connectivity index (χ0) is 12.7. The highest BCUT2D eigenvalue weighted by Crippen LogP contribution is 1.94. The highest BCUT2D eigenvalue weighted by atomic mass is 16.3. The number of carbonyl (C=O) groups is 2. The normalized spacial score (nSPS) is 10.8. The molecule has 0 aromatic carbocycles. The highest BCUT2D eigenvalue weighted by molar-refractivity contribution is 5.97. The van der Waals surface area contributed by atoms with Crippen molar-refractivity contribution in [3.63, 3.8) is 0 Å². The molecule has 0 bridgehead atoms. The van der Waals surface area contributed by atoms with E-state index in [1.807, 2.05) is 13.8 Å².